The maximum Gasteiger partial charge on any atom is 0.267 e. The summed E-state index contributed by atoms with van der Waals surface area (Å²) in [6.07, 6.45) is 9.80. The van der Waals surface area contributed by atoms with Gasteiger partial charge < -0.3 is 5.32 Å². The van der Waals surface area contributed by atoms with E-state index in [1.54, 1.807) is 29.2 Å². The summed E-state index contributed by atoms with van der Waals surface area (Å²) in [5.74, 6) is 1.59. The van der Waals surface area contributed by atoms with Crippen molar-refractivity contribution >= 4 is 16.7 Å². The molecule has 0 atom stereocenters. The van der Waals surface area contributed by atoms with E-state index in [9.17, 15) is 4.79 Å². The first kappa shape index (κ1) is 17.5. The first-order valence-corrected chi connectivity index (χ1v) is 10.6. The summed E-state index contributed by atoms with van der Waals surface area (Å²) in [6.45, 7) is 0. The van der Waals surface area contributed by atoms with E-state index in [-0.39, 0.29) is 11.6 Å². The Labute approximate surface area is 167 Å². The van der Waals surface area contributed by atoms with Crippen LogP contribution in [0.15, 0.2) is 41.5 Å². The van der Waals surface area contributed by atoms with Crippen LogP contribution in [-0.2, 0) is 0 Å². The predicted molar refractivity (Wildman–Crippen MR) is 109 cm³/mol. The quantitative estimate of drug-likeness (QED) is 0.711. The summed E-state index contributed by atoms with van der Waals surface area (Å²) < 4.78 is 6.13. The Bertz CT molecular complexity index is 1000. The van der Waals surface area contributed by atoms with Gasteiger partial charge in [0.05, 0.1) is 11.7 Å². The molecular weight excluding hydrogens is 372 g/mol. The minimum atomic E-state index is -0.0396. The van der Waals surface area contributed by atoms with Crippen molar-refractivity contribution in [2.75, 3.05) is 5.32 Å². The van der Waals surface area contributed by atoms with Crippen LogP contribution in [0.2, 0.25) is 0 Å². The lowest BCUT2D eigenvalue weighted by molar-refractivity contribution is 0.304. The first-order valence-electron chi connectivity index (χ1n) is 9.86. The number of aromatic nitrogens is 5. The highest BCUT2D eigenvalue weighted by Gasteiger charge is 2.29. The zero-order valence-electron chi connectivity index (χ0n) is 15.5. The van der Waals surface area contributed by atoms with Crippen LogP contribution >= 0.6 is 11.5 Å². The van der Waals surface area contributed by atoms with Gasteiger partial charge in [-0.1, -0.05) is 0 Å². The molecule has 3 heterocycles. The maximum absolute atomic E-state index is 12.4. The number of nitrogens with zero attached hydrogens (tertiary/aromatic N) is 5. The molecule has 144 valence electrons. The molecule has 5 rings (SSSR count). The highest BCUT2D eigenvalue weighted by atomic mass is 32.1. The van der Waals surface area contributed by atoms with Crippen molar-refractivity contribution in [3.8, 4) is 11.3 Å². The van der Waals surface area contributed by atoms with Gasteiger partial charge in [0.25, 0.3) is 5.56 Å². The number of pyridine rings is 1. The van der Waals surface area contributed by atoms with Gasteiger partial charge in [-0.2, -0.15) is 9.47 Å². The molecule has 0 spiro atoms. The van der Waals surface area contributed by atoms with E-state index in [0.717, 1.165) is 47.9 Å². The van der Waals surface area contributed by atoms with Crippen molar-refractivity contribution < 1.29 is 0 Å². The minimum absolute atomic E-state index is 0.0396. The van der Waals surface area contributed by atoms with Crippen molar-refractivity contribution in [2.45, 2.75) is 56.5 Å². The van der Waals surface area contributed by atoms with Crippen LogP contribution in [0.4, 0.5) is 5.13 Å². The zero-order chi connectivity index (χ0) is 18.9. The Morgan fingerprint density at radius 2 is 1.93 bits per heavy atom. The molecule has 8 heteroatoms. The van der Waals surface area contributed by atoms with Crippen LogP contribution < -0.4 is 10.9 Å². The van der Waals surface area contributed by atoms with Crippen LogP contribution in [0.3, 0.4) is 0 Å². The summed E-state index contributed by atoms with van der Waals surface area (Å²) in [4.78, 5) is 21.2. The van der Waals surface area contributed by atoms with E-state index >= 15 is 0 Å². The smallest absolute Gasteiger partial charge is 0.267 e. The Morgan fingerprint density at radius 1 is 1.07 bits per heavy atom. The van der Waals surface area contributed by atoms with Gasteiger partial charge in [-0.15, -0.1) is 0 Å². The van der Waals surface area contributed by atoms with Crippen LogP contribution in [0.25, 0.3) is 11.3 Å². The zero-order valence-corrected chi connectivity index (χ0v) is 16.3. The molecule has 2 saturated carbocycles. The first-order chi connectivity index (χ1) is 13.8. The van der Waals surface area contributed by atoms with E-state index in [4.69, 9.17) is 0 Å². The molecule has 2 fully saturated rings. The average Bonchev–Trinajstić information content (AvgIpc) is 3.49. The molecule has 2 aliphatic rings. The largest absolute Gasteiger partial charge is 0.358 e. The average molecular weight is 395 g/mol. The van der Waals surface area contributed by atoms with Gasteiger partial charge in [-0.05, 0) is 56.7 Å². The third kappa shape index (κ3) is 3.69. The van der Waals surface area contributed by atoms with Gasteiger partial charge in [0.2, 0.25) is 5.13 Å². The Morgan fingerprint density at radius 3 is 2.68 bits per heavy atom. The second-order valence-corrected chi connectivity index (χ2v) is 8.38. The van der Waals surface area contributed by atoms with Gasteiger partial charge >= 0.3 is 0 Å². The van der Waals surface area contributed by atoms with Crippen LogP contribution in [0.5, 0.6) is 0 Å². The van der Waals surface area contributed by atoms with Crippen LogP contribution in [0.1, 0.15) is 56.3 Å². The summed E-state index contributed by atoms with van der Waals surface area (Å²) in [6, 6.07) is 7.75. The Kier molecular flexibility index (Phi) is 4.64. The lowest BCUT2D eigenvalue weighted by atomic mass is 9.91. The van der Waals surface area contributed by atoms with Crippen molar-refractivity contribution in [1.82, 2.24) is 24.1 Å². The predicted octanol–water partition coefficient (Wildman–Crippen LogP) is 3.63. The topological polar surface area (TPSA) is 85.6 Å². The van der Waals surface area contributed by atoms with Gasteiger partial charge in [0.15, 0.2) is 0 Å². The molecule has 0 unspecified atom stereocenters. The minimum Gasteiger partial charge on any atom is -0.358 e. The number of hydrogen-bond acceptors (Lipinski definition) is 7. The molecule has 0 bridgehead atoms. The summed E-state index contributed by atoms with van der Waals surface area (Å²) in [5.41, 5.74) is 1.67. The van der Waals surface area contributed by atoms with Gasteiger partial charge in [-0.25, -0.2) is 9.67 Å². The van der Waals surface area contributed by atoms with Crippen molar-refractivity contribution in [2.24, 2.45) is 0 Å². The van der Waals surface area contributed by atoms with E-state index in [1.165, 1.54) is 24.4 Å². The molecule has 0 aromatic carbocycles. The van der Waals surface area contributed by atoms with E-state index < -0.39 is 0 Å². The van der Waals surface area contributed by atoms with Crippen LogP contribution in [-0.4, -0.2) is 30.2 Å². The summed E-state index contributed by atoms with van der Waals surface area (Å²) >= 11 is 1.47. The second-order valence-electron chi connectivity index (χ2n) is 7.62. The highest BCUT2D eigenvalue weighted by Crippen LogP contribution is 2.39. The second kappa shape index (κ2) is 7.43. The van der Waals surface area contributed by atoms with Crippen molar-refractivity contribution in [3.05, 3.63) is 52.8 Å². The molecule has 0 saturated heterocycles. The molecule has 0 radical (unpaired) electrons. The molecule has 28 heavy (non-hydrogen) atoms. The fourth-order valence-electron chi connectivity index (χ4n) is 3.80. The normalized spacial score (nSPS) is 22.1. The molecular formula is C20H22N6OS. The number of rotatable bonds is 5. The Hall–Kier alpha value is -2.61. The standard InChI is InChI=1S/C20H22N6OS/c27-18-10-9-17(14-2-1-11-21-12-14)24-26(18)16-7-5-15(6-8-16)22-20-23-19(25-28-20)13-3-4-13/h1-2,9-13,15-16H,3-8H2,(H,22,23,25). The summed E-state index contributed by atoms with van der Waals surface area (Å²) in [5, 5.41) is 9.09. The third-order valence-electron chi connectivity index (χ3n) is 5.54. The van der Waals surface area contributed by atoms with Crippen LogP contribution in [0, 0.1) is 0 Å². The molecule has 3 aromatic heterocycles. The van der Waals surface area contributed by atoms with Crippen molar-refractivity contribution in [3.63, 3.8) is 0 Å². The Balaban J connectivity index is 1.25. The van der Waals surface area contributed by atoms with Gasteiger partial charge in [-0.3, -0.25) is 9.78 Å². The van der Waals surface area contributed by atoms with E-state index in [1.807, 2.05) is 12.1 Å². The third-order valence-corrected chi connectivity index (χ3v) is 6.20. The number of hydrogen-bond donors (Lipinski definition) is 1. The van der Waals surface area contributed by atoms with E-state index in [0.29, 0.717) is 12.0 Å². The molecule has 0 aliphatic heterocycles. The maximum atomic E-state index is 12.4. The molecule has 7 nitrogen and oxygen atoms in total. The lowest BCUT2D eigenvalue weighted by Gasteiger charge is -2.29. The van der Waals surface area contributed by atoms with E-state index in [2.05, 4.69) is 24.8 Å². The van der Waals surface area contributed by atoms with Gasteiger partial charge in [0, 0.05) is 47.5 Å². The SMILES string of the molecule is O=c1ccc(-c2cccnc2)nn1C1CCC(Nc2nc(C3CC3)ns2)CC1. The highest BCUT2D eigenvalue weighted by molar-refractivity contribution is 7.09. The van der Waals surface area contributed by atoms with Gasteiger partial charge in [0.1, 0.15) is 5.82 Å². The molecule has 1 N–H and O–H groups in total. The fourth-order valence-corrected chi connectivity index (χ4v) is 4.52. The summed E-state index contributed by atoms with van der Waals surface area (Å²) in [7, 11) is 0. The number of anilines is 1. The molecule has 0 amide bonds. The molecule has 2 aliphatic carbocycles. The molecule has 3 aromatic rings. The monoisotopic (exact) mass is 394 g/mol. The van der Waals surface area contributed by atoms with Crippen molar-refractivity contribution in [1.29, 1.82) is 0 Å². The number of nitrogens with one attached hydrogen (secondary N) is 1. The fraction of sp³-hybridized carbons (Fsp3) is 0.450. The lowest BCUT2D eigenvalue weighted by Crippen LogP contribution is -2.33.